The van der Waals surface area contributed by atoms with Crippen molar-refractivity contribution in [2.45, 2.75) is 223 Å². The predicted octanol–water partition coefficient (Wildman–Crippen LogP) is 5.63. The Labute approximate surface area is 314 Å². The minimum Gasteiger partial charge on any atom is -0.394 e. The lowest BCUT2D eigenvalue weighted by Crippen LogP contribution is -2.61. The highest BCUT2D eigenvalue weighted by Crippen LogP contribution is 2.26. The van der Waals surface area contributed by atoms with Crippen molar-refractivity contribution in [1.29, 1.82) is 0 Å². The molecule has 0 spiro atoms. The molecule has 0 aromatic carbocycles. The lowest BCUT2D eigenvalue weighted by Gasteiger charge is -2.41. The summed E-state index contributed by atoms with van der Waals surface area (Å²) in [5, 5.41) is 55.0. The van der Waals surface area contributed by atoms with Crippen LogP contribution in [0.15, 0.2) is 0 Å². The fourth-order valence-corrected chi connectivity index (χ4v) is 7.21. The Balaban J connectivity index is 2.65. The fourth-order valence-electron chi connectivity index (χ4n) is 6.70. The van der Waals surface area contributed by atoms with Crippen molar-refractivity contribution >= 4 is 16.3 Å². The second-order valence-electron chi connectivity index (χ2n) is 14.7. The highest BCUT2D eigenvalue weighted by Gasteiger charge is 2.48. The maximum absolute atomic E-state index is 13.0. The van der Waals surface area contributed by atoms with Gasteiger partial charge in [0.25, 0.3) is 0 Å². The first-order valence-corrected chi connectivity index (χ1v) is 21.9. The standard InChI is InChI=1S/C38H75NO12S/c1-3-5-7-9-11-13-15-17-18-20-22-24-26-31(41)30(29-49-38-35(44)36(51-52(46,47)48)34(43)33(28-40)50-38)39-37(45)32(42)27-25-23-21-19-16-14-12-10-8-6-4-2/h30-36,38,40-44H,3-29H2,1-2H3,(H,39,45)(H,46,47,48). The Kier molecular flexibility index (Phi) is 28.6. The highest BCUT2D eigenvalue weighted by atomic mass is 32.3. The molecule has 14 heteroatoms. The van der Waals surface area contributed by atoms with Crippen LogP contribution in [0.2, 0.25) is 0 Å². The molecule has 7 N–H and O–H groups in total. The van der Waals surface area contributed by atoms with Crippen LogP contribution in [0.3, 0.4) is 0 Å². The topological polar surface area (TPSA) is 212 Å². The monoisotopic (exact) mass is 770 g/mol. The Morgan fingerprint density at radius 1 is 0.692 bits per heavy atom. The molecule has 52 heavy (non-hydrogen) atoms. The zero-order valence-electron chi connectivity index (χ0n) is 32.3. The fraction of sp³-hybridized carbons (Fsp3) is 0.974. The van der Waals surface area contributed by atoms with E-state index >= 15 is 0 Å². The highest BCUT2D eigenvalue weighted by molar-refractivity contribution is 7.80. The van der Waals surface area contributed by atoms with Crippen molar-refractivity contribution < 1.29 is 57.0 Å². The zero-order valence-corrected chi connectivity index (χ0v) is 33.1. The lowest BCUT2D eigenvalue weighted by atomic mass is 9.99. The number of rotatable bonds is 34. The number of amides is 1. The third-order valence-electron chi connectivity index (χ3n) is 10.0. The van der Waals surface area contributed by atoms with Gasteiger partial charge in [-0.3, -0.25) is 9.35 Å². The molecule has 0 saturated carbocycles. The van der Waals surface area contributed by atoms with Gasteiger partial charge in [-0.2, -0.15) is 8.42 Å². The molecular weight excluding hydrogens is 694 g/mol. The summed E-state index contributed by atoms with van der Waals surface area (Å²) in [6.45, 7) is 3.23. The van der Waals surface area contributed by atoms with Crippen LogP contribution in [0, 0.1) is 0 Å². The van der Waals surface area contributed by atoms with E-state index in [0.717, 1.165) is 38.5 Å². The number of unbranched alkanes of at least 4 members (excludes halogenated alkanes) is 21. The third kappa shape index (κ3) is 23.1. The maximum Gasteiger partial charge on any atom is 0.397 e. The molecule has 1 amide bonds. The van der Waals surface area contributed by atoms with Gasteiger partial charge in [-0.15, -0.1) is 0 Å². The molecule has 1 aliphatic rings. The summed E-state index contributed by atoms with van der Waals surface area (Å²) in [5.41, 5.74) is 0. The molecule has 0 bridgehead atoms. The molecule has 1 saturated heterocycles. The molecule has 0 aromatic heterocycles. The summed E-state index contributed by atoms with van der Waals surface area (Å²) in [5.74, 6) is -0.671. The maximum atomic E-state index is 13.0. The molecule has 1 fully saturated rings. The van der Waals surface area contributed by atoms with Crippen LogP contribution in [0.1, 0.15) is 174 Å². The Hall–Kier alpha value is -0.940. The first-order chi connectivity index (χ1) is 24.9. The minimum absolute atomic E-state index is 0.264. The van der Waals surface area contributed by atoms with E-state index in [9.17, 15) is 38.7 Å². The quantitative estimate of drug-likeness (QED) is 0.0314. The van der Waals surface area contributed by atoms with Gasteiger partial charge in [0.05, 0.1) is 25.4 Å². The van der Waals surface area contributed by atoms with Crippen molar-refractivity contribution in [2.24, 2.45) is 0 Å². The van der Waals surface area contributed by atoms with E-state index in [4.69, 9.17) is 14.0 Å². The van der Waals surface area contributed by atoms with E-state index in [2.05, 4.69) is 23.3 Å². The molecule has 0 aliphatic carbocycles. The predicted molar refractivity (Wildman–Crippen MR) is 201 cm³/mol. The van der Waals surface area contributed by atoms with Gasteiger partial charge in [-0.05, 0) is 12.8 Å². The first kappa shape index (κ1) is 49.1. The summed E-state index contributed by atoms with van der Waals surface area (Å²) in [6, 6.07) is -1.02. The molecule has 8 unspecified atom stereocenters. The SMILES string of the molecule is CCCCCCCCCCCCCCC(O)C(COC1OC(CO)C(O)C(OS(=O)(=O)O)C1O)NC(=O)C(O)CCCCCCCCCCCCC. The average molecular weight is 770 g/mol. The molecule has 1 heterocycles. The summed E-state index contributed by atoms with van der Waals surface area (Å²) in [6.07, 6.45) is 15.9. The van der Waals surface area contributed by atoms with E-state index < -0.39 is 78.5 Å². The van der Waals surface area contributed by atoms with Crippen molar-refractivity contribution in [2.75, 3.05) is 13.2 Å². The van der Waals surface area contributed by atoms with Crippen LogP contribution in [0.5, 0.6) is 0 Å². The van der Waals surface area contributed by atoms with E-state index in [1.807, 2.05) is 0 Å². The van der Waals surface area contributed by atoms with Crippen molar-refractivity contribution in [3.05, 3.63) is 0 Å². The normalized spacial score (nSPS) is 22.7. The van der Waals surface area contributed by atoms with Gasteiger partial charge >= 0.3 is 10.4 Å². The number of nitrogens with one attached hydrogen (secondary N) is 1. The van der Waals surface area contributed by atoms with Crippen molar-refractivity contribution in [3.8, 4) is 0 Å². The minimum atomic E-state index is -5.10. The second kappa shape index (κ2) is 30.3. The lowest BCUT2D eigenvalue weighted by molar-refractivity contribution is -0.298. The number of aliphatic hydroxyl groups is 5. The number of carbonyl (C=O) groups excluding carboxylic acids is 1. The van der Waals surface area contributed by atoms with Crippen LogP contribution < -0.4 is 5.32 Å². The smallest absolute Gasteiger partial charge is 0.394 e. The van der Waals surface area contributed by atoms with Gasteiger partial charge in [-0.1, -0.05) is 162 Å². The van der Waals surface area contributed by atoms with Crippen LogP contribution in [0.4, 0.5) is 0 Å². The molecule has 310 valence electrons. The Morgan fingerprint density at radius 3 is 1.54 bits per heavy atom. The molecular formula is C38H75NO12S. The van der Waals surface area contributed by atoms with Gasteiger partial charge in [0.1, 0.15) is 30.5 Å². The van der Waals surface area contributed by atoms with Gasteiger partial charge < -0.3 is 40.3 Å². The molecule has 13 nitrogen and oxygen atoms in total. The average Bonchev–Trinajstić information content (AvgIpc) is 3.11. The van der Waals surface area contributed by atoms with E-state index in [-0.39, 0.29) is 6.42 Å². The Morgan fingerprint density at radius 2 is 1.12 bits per heavy atom. The number of ether oxygens (including phenoxy) is 2. The third-order valence-corrected chi connectivity index (χ3v) is 10.5. The van der Waals surface area contributed by atoms with E-state index in [1.54, 1.807) is 0 Å². The van der Waals surface area contributed by atoms with Crippen molar-refractivity contribution in [3.63, 3.8) is 0 Å². The van der Waals surface area contributed by atoms with Crippen LogP contribution >= 0.6 is 0 Å². The zero-order chi connectivity index (χ0) is 38.6. The molecule has 0 aromatic rings. The van der Waals surface area contributed by atoms with Gasteiger partial charge in [-0.25, -0.2) is 4.18 Å². The van der Waals surface area contributed by atoms with E-state index in [0.29, 0.717) is 19.3 Å². The number of hydrogen-bond acceptors (Lipinski definition) is 11. The van der Waals surface area contributed by atoms with Gasteiger partial charge in [0.2, 0.25) is 5.91 Å². The van der Waals surface area contributed by atoms with Crippen LogP contribution in [-0.4, -0.2) is 107 Å². The molecule has 1 aliphatic heterocycles. The van der Waals surface area contributed by atoms with Crippen LogP contribution in [0.25, 0.3) is 0 Å². The Bertz CT molecular complexity index is 974. The summed E-state index contributed by atoms with van der Waals surface area (Å²) in [4.78, 5) is 13.0. The van der Waals surface area contributed by atoms with Gasteiger partial charge in [0.15, 0.2) is 6.29 Å². The molecule has 1 rings (SSSR count). The van der Waals surface area contributed by atoms with Gasteiger partial charge in [0, 0.05) is 0 Å². The number of carbonyl (C=O) groups is 1. The summed E-state index contributed by atoms with van der Waals surface area (Å²) in [7, 11) is -5.10. The summed E-state index contributed by atoms with van der Waals surface area (Å²) < 4.78 is 47.4. The van der Waals surface area contributed by atoms with E-state index in [1.165, 1.54) is 96.3 Å². The first-order valence-electron chi connectivity index (χ1n) is 20.5. The second-order valence-corrected chi connectivity index (χ2v) is 15.8. The summed E-state index contributed by atoms with van der Waals surface area (Å²) >= 11 is 0. The largest absolute Gasteiger partial charge is 0.397 e. The number of aliphatic hydroxyl groups excluding tert-OH is 5. The van der Waals surface area contributed by atoms with Crippen molar-refractivity contribution in [1.82, 2.24) is 5.32 Å². The number of hydrogen-bond donors (Lipinski definition) is 7. The molecule has 0 radical (unpaired) electrons. The molecule has 8 atom stereocenters. The van der Waals surface area contributed by atoms with Crippen LogP contribution in [-0.2, 0) is 28.9 Å².